The summed E-state index contributed by atoms with van der Waals surface area (Å²) in [7, 11) is 0. The van der Waals surface area contributed by atoms with Crippen LogP contribution in [0.2, 0.25) is 0 Å². The van der Waals surface area contributed by atoms with E-state index in [9.17, 15) is 14.4 Å². The van der Waals surface area contributed by atoms with Crippen molar-refractivity contribution in [3.63, 3.8) is 0 Å². The summed E-state index contributed by atoms with van der Waals surface area (Å²) in [5, 5.41) is 2.41. The first kappa shape index (κ1) is 18.2. The molecular weight excluding hydrogens is 354 g/mol. The minimum Gasteiger partial charge on any atom is -0.459 e. The van der Waals surface area contributed by atoms with Gasteiger partial charge in [0.1, 0.15) is 0 Å². The van der Waals surface area contributed by atoms with Crippen LogP contribution in [0.5, 0.6) is 0 Å². The minimum atomic E-state index is -0.523. The van der Waals surface area contributed by atoms with Crippen molar-refractivity contribution in [2.75, 3.05) is 6.54 Å². The third-order valence-electron chi connectivity index (χ3n) is 4.46. The number of fused-ring (bicyclic) bond motifs is 1. The maximum absolute atomic E-state index is 12.2. The first-order valence-corrected chi connectivity index (χ1v) is 9.41. The van der Waals surface area contributed by atoms with Gasteiger partial charge in [0.05, 0.1) is 17.7 Å². The summed E-state index contributed by atoms with van der Waals surface area (Å²) in [5.41, 5.74) is 5.94. The number of carbonyl (C=O) groups is 3. The number of rotatable bonds is 5. The van der Waals surface area contributed by atoms with Gasteiger partial charge in [0.25, 0.3) is 17.7 Å². The lowest BCUT2D eigenvalue weighted by atomic mass is 9.87. The number of furan rings is 1. The molecule has 26 heavy (non-hydrogen) atoms. The highest BCUT2D eigenvalue weighted by atomic mass is 32.1. The molecule has 3 amide bonds. The Hall–Kier alpha value is -2.61. The zero-order valence-corrected chi connectivity index (χ0v) is 15.3. The van der Waals surface area contributed by atoms with Crippen molar-refractivity contribution in [3.8, 4) is 0 Å². The lowest BCUT2D eigenvalue weighted by Gasteiger charge is -2.19. The average molecular weight is 375 g/mol. The highest BCUT2D eigenvalue weighted by molar-refractivity contribution is 7.14. The summed E-state index contributed by atoms with van der Waals surface area (Å²) in [6.45, 7) is 1.93. The quantitative estimate of drug-likeness (QED) is 0.696. The molecular formula is C18H21N3O4S. The summed E-state index contributed by atoms with van der Waals surface area (Å²) in [5.74, 6) is -0.552. The van der Waals surface area contributed by atoms with Gasteiger partial charge >= 0.3 is 0 Å². The molecule has 1 atom stereocenters. The van der Waals surface area contributed by atoms with E-state index in [1.165, 1.54) is 34.1 Å². The molecule has 0 aliphatic heterocycles. The molecule has 0 saturated heterocycles. The molecule has 0 radical (unpaired) electrons. The lowest BCUT2D eigenvalue weighted by Crippen LogP contribution is -2.46. The molecule has 138 valence electrons. The second kappa shape index (κ2) is 8.18. The molecule has 8 heteroatoms. The van der Waals surface area contributed by atoms with Crippen molar-refractivity contribution in [2.45, 2.75) is 32.6 Å². The van der Waals surface area contributed by atoms with Gasteiger partial charge in [-0.3, -0.25) is 25.2 Å². The summed E-state index contributed by atoms with van der Waals surface area (Å²) in [6.07, 6.45) is 5.71. The molecule has 1 aliphatic rings. The van der Waals surface area contributed by atoms with Crippen LogP contribution in [0.1, 0.15) is 50.4 Å². The largest absolute Gasteiger partial charge is 0.459 e. The Morgan fingerprint density at radius 2 is 2.12 bits per heavy atom. The van der Waals surface area contributed by atoms with E-state index in [-0.39, 0.29) is 18.2 Å². The second-order valence-electron chi connectivity index (χ2n) is 6.24. The molecule has 3 rings (SSSR count). The molecule has 0 aromatic carbocycles. The van der Waals surface area contributed by atoms with Crippen LogP contribution in [-0.4, -0.2) is 24.3 Å². The van der Waals surface area contributed by atoms with Gasteiger partial charge < -0.3 is 9.73 Å². The van der Waals surface area contributed by atoms with Crippen LogP contribution in [0.4, 0.5) is 0 Å². The van der Waals surface area contributed by atoms with Gasteiger partial charge in [0, 0.05) is 4.88 Å². The summed E-state index contributed by atoms with van der Waals surface area (Å²) in [4.78, 5) is 37.5. The fourth-order valence-electron chi connectivity index (χ4n) is 2.95. The Kier molecular flexibility index (Phi) is 5.72. The highest BCUT2D eigenvalue weighted by Gasteiger charge is 2.22. The number of carbonyl (C=O) groups excluding carboxylic acids is 3. The monoisotopic (exact) mass is 375 g/mol. The fraction of sp³-hybridized carbons (Fsp3) is 0.389. The first-order valence-electron chi connectivity index (χ1n) is 8.59. The van der Waals surface area contributed by atoms with Gasteiger partial charge in [-0.25, -0.2) is 0 Å². The van der Waals surface area contributed by atoms with Crippen molar-refractivity contribution >= 4 is 29.1 Å². The zero-order chi connectivity index (χ0) is 18.5. The fourth-order valence-corrected chi connectivity index (χ4v) is 4.05. The first-order chi connectivity index (χ1) is 12.6. The number of nitrogens with one attached hydrogen (secondary N) is 3. The minimum absolute atomic E-state index is 0.122. The number of thiophene rings is 1. The number of hydrogen-bond acceptors (Lipinski definition) is 5. The molecule has 2 heterocycles. The Balaban J connectivity index is 1.46. The van der Waals surface area contributed by atoms with Gasteiger partial charge in [0.15, 0.2) is 5.76 Å². The van der Waals surface area contributed by atoms with Crippen LogP contribution in [-0.2, 0) is 17.6 Å². The predicted molar refractivity (Wildman–Crippen MR) is 96.8 cm³/mol. The molecule has 0 saturated carbocycles. The standard InChI is InChI=1S/C18H21N3O4S/c1-2-11-5-6-14-12(8-11)9-15(26-14)18(24)21-20-16(22)10-19-17(23)13-4-3-7-25-13/h3-4,7,9,11H,2,5-6,8,10H2,1H3,(H,19,23)(H,20,22)(H,21,24)/t11-/m0/s1. The molecule has 2 aromatic heterocycles. The smallest absolute Gasteiger partial charge is 0.287 e. The molecule has 0 unspecified atom stereocenters. The van der Waals surface area contributed by atoms with Gasteiger partial charge in [-0.15, -0.1) is 11.3 Å². The molecule has 2 aromatic rings. The molecule has 7 nitrogen and oxygen atoms in total. The second-order valence-corrected chi connectivity index (χ2v) is 7.38. The third kappa shape index (κ3) is 4.32. The highest BCUT2D eigenvalue weighted by Crippen LogP contribution is 2.33. The normalized spacial score (nSPS) is 15.8. The van der Waals surface area contributed by atoms with E-state index in [4.69, 9.17) is 4.42 Å². The Labute approximate surface area is 155 Å². The summed E-state index contributed by atoms with van der Waals surface area (Å²) >= 11 is 1.48. The number of hydrazine groups is 1. The van der Waals surface area contributed by atoms with Gasteiger partial charge in [0.2, 0.25) is 0 Å². The Morgan fingerprint density at radius 1 is 1.27 bits per heavy atom. The molecule has 1 aliphatic carbocycles. The van der Waals surface area contributed by atoms with Crippen LogP contribution in [0.25, 0.3) is 0 Å². The van der Waals surface area contributed by atoms with Crippen LogP contribution in [0.3, 0.4) is 0 Å². The maximum Gasteiger partial charge on any atom is 0.287 e. The Morgan fingerprint density at radius 3 is 2.85 bits per heavy atom. The number of amides is 3. The summed E-state index contributed by atoms with van der Waals surface area (Å²) in [6, 6.07) is 5.00. The topological polar surface area (TPSA) is 100 Å². The zero-order valence-electron chi connectivity index (χ0n) is 14.5. The van der Waals surface area contributed by atoms with Crippen LogP contribution in [0.15, 0.2) is 28.9 Å². The van der Waals surface area contributed by atoms with E-state index in [0.717, 1.165) is 25.7 Å². The van der Waals surface area contributed by atoms with E-state index in [1.54, 1.807) is 6.07 Å². The lowest BCUT2D eigenvalue weighted by molar-refractivity contribution is -0.120. The third-order valence-corrected chi connectivity index (χ3v) is 5.69. The van der Waals surface area contributed by atoms with Crippen molar-refractivity contribution in [1.29, 1.82) is 0 Å². The van der Waals surface area contributed by atoms with E-state index in [0.29, 0.717) is 10.8 Å². The van der Waals surface area contributed by atoms with Gasteiger partial charge in [-0.05, 0) is 48.9 Å². The number of aryl methyl sites for hydroxylation is 1. The molecule has 3 N–H and O–H groups in total. The predicted octanol–water partition coefficient (Wildman–Crippen LogP) is 2.05. The van der Waals surface area contributed by atoms with Crippen LogP contribution < -0.4 is 16.2 Å². The Bertz CT molecular complexity index is 797. The SMILES string of the molecule is CC[C@H]1CCc2sc(C(=O)NNC(=O)CNC(=O)c3ccco3)cc2C1. The van der Waals surface area contributed by atoms with Crippen LogP contribution >= 0.6 is 11.3 Å². The van der Waals surface area contributed by atoms with Crippen molar-refractivity contribution in [1.82, 2.24) is 16.2 Å². The van der Waals surface area contributed by atoms with E-state index in [2.05, 4.69) is 23.1 Å². The molecule has 0 fully saturated rings. The van der Waals surface area contributed by atoms with E-state index in [1.807, 2.05) is 6.07 Å². The van der Waals surface area contributed by atoms with E-state index < -0.39 is 11.8 Å². The molecule has 0 spiro atoms. The summed E-state index contributed by atoms with van der Waals surface area (Å²) < 4.78 is 4.93. The number of hydrogen-bond donors (Lipinski definition) is 3. The van der Waals surface area contributed by atoms with Gasteiger partial charge in [-0.1, -0.05) is 13.3 Å². The van der Waals surface area contributed by atoms with E-state index >= 15 is 0 Å². The van der Waals surface area contributed by atoms with Crippen molar-refractivity contribution in [3.05, 3.63) is 45.5 Å². The maximum atomic E-state index is 12.2. The van der Waals surface area contributed by atoms with Crippen molar-refractivity contribution in [2.24, 2.45) is 5.92 Å². The average Bonchev–Trinajstić information content (AvgIpc) is 3.32. The van der Waals surface area contributed by atoms with Crippen LogP contribution in [0, 0.1) is 5.92 Å². The van der Waals surface area contributed by atoms with Crippen molar-refractivity contribution < 1.29 is 18.8 Å². The molecule has 0 bridgehead atoms. The van der Waals surface area contributed by atoms with Gasteiger partial charge in [-0.2, -0.15) is 0 Å².